The summed E-state index contributed by atoms with van der Waals surface area (Å²) in [4.78, 5) is 13.4. The van der Waals surface area contributed by atoms with Crippen molar-refractivity contribution in [2.24, 2.45) is 5.92 Å². The molecule has 1 saturated carbocycles. The van der Waals surface area contributed by atoms with Crippen LogP contribution in [0, 0.1) is 5.92 Å². The highest BCUT2D eigenvalue weighted by Crippen LogP contribution is 2.26. The van der Waals surface area contributed by atoms with Crippen LogP contribution < -0.4 is 5.32 Å². The number of nitrogens with one attached hydrogen (secondary N) is 1. The molecule has 1 aliphatic heterocycles. The fourth-order valence-corrected chi connectivity index (χ4v) is 4.07. The van der Waals surface area contributed by atoms with Crippen LogP contribution in [0.15, 0.2) is 24.3 Å². The van der Waals surface area contributed by atoms with Gasteiger partial charge in [0.05, 0.1) is 12.7 Å². The molecule has 25 heavy (non-hydrogen) atoms. The molecule has 0 spiro atoms. The second kappa shape index (κ2) is 8.70. The average molecular weight is 344 g/mol. The number of benzene rings is 1. The van der Waals surface area contributed by atoms with Crippen molar-refractivity contribution in [3.05, 3.63) is 29.8 Å². The van der Waals surface area contributed by atoms with Gasteiger partial charge in [0.15, 0.2) is 0 Å². The maximum Gasteiger partial charge on any atom is 0.219 e. The predicted molar refractivity (Wildman–Crippen MR) is 102 cm³/mol. The number of hydrogen-bond acceptors (Lipinski definition) is 3. The summed E-state index contributed by atoms with van der Waals surface area (Å²) in [6, 6.07) is 9.05. The average Bonchev–Trinajstić information content (AvgIpc) is 2.61. The number of nitrogens with zero attached hydrogens (tertiary/aromatic N) is 1. The lowest BCUT2D eigenvalue weighted by molar-refractivity contribution is -0.129. The standard InChI is InChI=1S/C21H32N2O2/c1-16-5-3-8-21(13-16)25-15-18-6-4-7-20(14-18)22-19-9-11-23(12-10-19)17(2)24/h4,6-7,14,16,19,21-22H,3,5,8-13,15H2,1-2H3/t16-,21+/m1/s1. The summed E-state index contributed by atoms with van der Waals surface area (Å²) in [7, 11) is 0. The van der Waals surface area contributed by atoms with Crippen molar-refractivity contribution in [2.75, 3.05) is 18.4 Å². The van der Waals surface area contributed by atoms with Crippen LogP contribution >= 0.6 is 0 Å². The van der Waals surface area contributed by atoms with E-state index in [0.717, 1.165) is 31.8 Å². The first-order chi connectivity index (χ1) is 12.1. The van der Waals surface area contributed by atoms with Gasteiger partial charge in [-0.3, -0.25) is 4.79 Å². The number of amides is 1. The van der Waals surface area contributed by atoms with Gasteiger partial charge in [0.25, 0.3) is 0 Å². The number of anilines is 1. The summed E-state index contributed by atoms with van der Waals surface area (Å²) in [5.41, 5.74) is 2.41. The summed E-state index contributed by atoms with van der Waals surface area (Å²) in [5, 5.41) is 3.63. The Balaban J connectivity index is 1.47. The van der Waals surface area contributed by atoms with Gasteiger partial charge in [-0.1, -0.05) is 31.9 Å². The van der Waals surface area contributed by atoms with Crippen molar-refractivity contribution in [1.29, 1.82) is 0 Å². The Morgan fingerprint density at radius 3 is 2.76 bits per heavy atom. The number of likely N-dealkylation sites (tertiary alicyclic amines) is 1. The van der Waals surface area contributed by atoms with Gasteiger partial charge in [0, 0.05) is 31.7 Å². The molecule has 2 aliphatic rings. The molecule has 1 aliphatic carbocycles. The van der Waals surface area contributed by atoms with Crippen LogP contribution in [0.3, 0.4) is 0 Å². The largest absolute Gasteiger partial charge is 0.382 e. The molecular weight excluding hydrogens is 312 g/mol. The van der Waals surface area contributed by atoms with Crippen molar-refractivity contribution in [3.63, 3.8) is 0 Å². The molecule has 2 atom stereocenters. The van der Waals surface area contributed by atoms with E-state index in [-0.39, 0.29) is 5.91 Å². The zero-order chi connectivity index (χ0) is 17.6. The van der Waals surface area contributed by atoms with Crippen molar-refractivity contribution in [2.45, 2.75) is 71.1 Å². The van der Waals surface area contributed by atoms with E-state index in [2.05, 4.69) is 36.5 Å². The van der Waals surface area contributed by atoms with Crippen LogP contribution in [0.2, 0.25) is 0 Å². The smallest absolute Gasteiger partial charge is 0.219 e. The summed E-state index contributed by atoms with van der Waals surface area (Å²) >= 11 is 0. The van der Waals surface area contributed by atoms with Crippen LogP contribution in [0.4, 0.5) is 5.69 Å². The molecule has 1 aromatic rings. The van der Waals surface area contributed by atoms with E-state index in [0.29, 0.717) is 18.8 Å². The third kappa shape index (κ3) is 5.46. The minimum atomic E-state index is 0.189. The fraction of sp³-hybridized carbons (Fsp3) is 0.667. The fourth-order valence-electron chi connectivity index (χ4n) is 4.07. The van der Waals surface area contributed by atoms with Gasteiger partial charge in [-0.2, -0.15) is 0 Å². The maximum atomic E-state index is 11.4. The van der Waals surface area contributed by atoms with Gasteiger partial charge < -0.3 is 15.0 Å². The monoisotopic (exact) mass is 344 g/mol. The van der Waals surface area contributed by atoms with Crippen molar-refractivity contribution >= 4 is 11.6 Å². The lowest BCUT2D eigenvalue weighted by Crippen LogP contribution is -2.41. The van der Waals surface area contributed by atoms with Crippen molar-refractivity contribution in [1.82, 2.24) is 4.90 Å². The SMILES string of the molecule is CC(=O)N1CCC(Nc2cccc(CO[C@H]3CCC[C@@H](C)C3)c2)CC1. The summed E-state index contributed by atoms with van der Waals surface area (Å²) in [6.07, 6.45) is 7.51. The number of carbonyl (C=O) groups excluding carboxylic acids is 1. The third-order valence-electron chi connectivity index (χ3n) is 5.61. The molecule has 1 N–H and O–H groups in total. The zero-order valence-electron chi connectivity index (χ0n) is 15.7. The van der Waals surface area contributed by atoms with E-state index in [1.165, 1.54) is 36.9 Å². The Morgan fingerprint density at radius 2 is 2.04 bits per heavy atom. The Labute approximate surface area is 151 Å². The van der Waals surface area contributed by atoms with Crippen LogP contribution in [0.25, 0.3) is 0 Å². The minimum absolute atomic E-state index is 0.189. The molecule has 0 aromatic heterocycles. The van der Waals surface area contributed by atoms with E-state index >= 15 is 0 Å². The minimum Gasteiger partial charge on any atom is -0.382 e. The molecule has 1 amide bonds. The first-order valence-electron chi connectivity index (χ1n) is 9.82. The normalized spacial score (nSPS) is 25.0. The second-order valence-electron chi connectivity index (χ2n) is 7.83. The molecule has 4 heteroatoms. The molecule has 2 fully saturated rings. The highest BCUT2D eigenvalue weighted by molar-refractivity contribution is 5.73. The number of rotatable bonds is 5. The van der Waals surface area contributed by atoms with Crippen LogP contribution in [-0.2, 0) is 16.1 Å². The molecule has 0 bridgehead atoms. The van der Waals surface area contributed by atoms with E-state index in [4.69, 9.17) is 4.74 Å². The highest BCUT2D eigenvalue weighted by atomic mass is 16.5. The van der Waals surface area contributed by atoms with Gasteiger partial charge in [-0.05, 0) is 49.3 Å². The molecule has 138 valence electrons. The van der Waals surface area contributed by atoms with Gasteiger partial charge in [-0.25, -0.2) is 0 Å². The van der Waals surface area contributed by atoms with Gasteiger partial charge >= 0.3 is 0 Å². The topological polar surface area (TPSA) is 41.6 Å². The lowest BCUT2D eigenvalue weighted by Gasteiger charge is -2.32. The number of carbonyl (C=O) groups is 1. The molecule has 1 aromatic carbocycles. The van der Waals surface area contributed by atoms with Crippen LogP contribution in [0.5, 0.6) is 0 Å². The molecule has 4 nitrogen and oxygen atoms in total. The summed E-state index contributed by atoms with van der Waals surface area (Å²) < 4.78 is 6.15. The Morgan fingerprint density at radius 1 is 1.24 bits per heavy atom. The summed E-state index contributed by atoms with van der Waals surface area (Å²) in [5.74, 6) is 0.988. The van der Waals surface area contributed by atoms with E-state index < -0.39 is 0 Å². The molecule has 1 heterocycles. The number of ether oxygens (including phenoxy) is 1. The third-order valence-corrected chi connectivity index (χ3v) is 5.61. The van der Waals surface area contributed by atoms with E-state index in [1.807, 2.05) is 4.90 Å². The van der Waals surface area contributed by atoms with Crippen LogP contribution in [0.1, 0.15) is 57.9 Å². The van der Waals surface area contributed by atoms with Gasteiger partial charge in [-0.15, -0.1) is 0 Å². The predicted octanol–water partition coefficient (Wildman–Crippen LogP) is 4.20. The van der Waals surface area contributed by atoms with Crippen LogP contribution in [-0.4, -0.2) is 36.0 Å². The molecule has 1 saturated heterocycles. The Kier molecular flexibility index (Phi) is 6.35. The van der Waals surface area contributed by atoms with Gasteiger partial charge in [0.2, 0.25) is 5.91 Å². The van der Waals surface area contributed by atoms with Gasteiger partial charge in [0.1, 0.15) is 0 Å². The van der Waals surface area contributed by atoms with Crippen molar-refractivity contribution < 1.29 is 9.53 Å². The molecular formula is C21H32N2O2. The van der Waals surface area contributed by atoms with E-state index in [1.54, 1.807) is 6.92 Å². The summed E-state index contributed by atoms with van der Waals surface area (Å²) in [6.45, 7) is 6.41. The first-order valence-corrected chi connectivity index (χ1v) is 9.82. The second-order valence-corrected chi connectivity index (χ2v) is 7.83. The maximum absolute atomic E-state index is 11.4. The number of piperidine rings is 1. The molecule has 0 radical (unpaired) electrons. The lowest BCUT2D eigenvalue weighted by atomic mass is 9.89. The quantitative estimate of drug-likeness (QED) is 0.870. The highest BCUT2D eigenvalue weighted by Gasteiger charge is 2.21. The molecule has 0 unspecified atom stereocenters. The molecule has 3 rings (SSSR count). The Bertz CT molecular complexity index is 567. The van der Waals surface area contributed by atoms with Crippen molar-refractivity contribution in [3.8, 4) is 0 Å². The van der Waals surface area contributed by atoms with E-state index in [9.17, 15) is 4.79 Å². The zero-order valence-corrected chi connectivity index (χ0v) is 15.7. The number of hydrogen-bond donors (Lipinski definition) is 1. The first kappa shape index (κ1) is 18.2. The Hall–Kier alpha value is -1.55.